The monoisotopic (exact) mass is 284 g/mol. The summed E-state index contributed by atoms with van der Waals surface area (Å²) in [6.45, 7) is 6.32. The van der Waals surface area contributed by atoms with Gasteiger partial charge in [0.2, 0.25) is 0 Å². The quantitative estimate of drug-likeness (QED) is 0.543. The standard InChI is InChI=1S/C13H28O3S.FH/c1-4-6-7-8-9-10-12-17(14,15)13(3)16-11-5-2;/h13H,4-12H2,1-3H3;1H. The molecule has 0 aromatic heterocycles. The van der Waals surface area contributed by atoms with Crippen LogP contribution in [0.2, 0.25) is 0 Å². The van der Waals surface area contributed by atoms with Crippen molar-refractivity contribution in [2.75, 3.05) is 12.4 Å². The second-order valence-corrected chi connectivity index (χ2v) is 6.97. The van der Waals surface area contributed by atoms with Crippen LogP contribution in [-0.2, 0) is 14.6 Å². The van der Waals surface area contributed by atoms with Gasteiger partial charge in [-0.2, -0.15) is 0 Å². The van der Waals surface area contributed by atoms with Gasteiger partial charge in [-0.1, -0.05) is 46.0 Å². The Morgan fingerprint density at radius 3 is 2.06 bits per heavy atom. The first-order valence-electron chi connectivity index (χ1n) is 6.87. The van der Waals surface area contributed by atoms with Crippen LogP contribution in [0, 0.1) is 0 Å². The maximum absolute atomic E-state index is 11.8. The minimum absolute atomic E-state index is 0. The molecule has 0 aliphatic rings. The maximum atomic E-state index is 11.8. The Balaban J connectivity index is 0. The molecular formula is C13H29FO3S. The molecule has 0 bridgehead atoms. The van der Waals surface area contributed by atoms with E-state index in [-0.39, 0.29) is 10.5 Å². The first-order valence-corrected chi connectivity index (χ1v) is 8.59. The summed E-state index contributed by atoms with van der Waals surface area (Å²) < 4.78 is 28.9. The Bertz CT molecular complexity index is 265. The van der Waals surface area contributed by atoms with Gasteiger partial charge in [-0.25, -0.2) is 8.42 Å². The highest BCUT2D eigenvalue weighted by Crippen LogP contribution is 2.10. The number of unbranched alkanes of at least 4 members (excludes halogenated alkanes) is 5. The van der Waals surface area contributed by atoms with Crippen molar-refractivity contribution in [1.82, 2.24) is 0 Å². The van der Waals surface area contributed by atoms with Crippen LogP contribution in [0.4, 0.5) is 4.70 Å². The van der Waals surface area contributed by atoms with Crippen LogP contribution in [0.15, 0.2) is 0 Å². The van der Waals surface area contributed by atoms with E-state index < -0.39 is 15.3 Å². The van der Waals surface area contributed by atoms with Gasteiger partial charge in [0.05, 0.1) is 5.75 Å². The van der Waals surface area contributed by atoms with Gasteiger partial charge in [-0.05, 0) is 19.8 Å². The molecule has 0 aliphatic heterocycles. The predicted octanol–water partition coefficient (Wildman–Crippen LogP) is 3.69. The van der Waals surface area contributed by atoms with E-state index in [1.165, 1.54) is 19.3 Å². The summed E-state index contributed by atoms with van der Waals surface area (Å²) in [6.07, 6.45) is 7.48. The van der Waals surface area contributed by atoms with Crippen molar-refractivity contribution in [3.63, 3.8) is 0 Å². The van der Waals surface area contributed by atoms with Crippen molar-refractivity contribution in [1.29, 1.82) is 0 Å². The highest BCUT2D eigenvalue weighted by molar-refractivity contribution is 7.91. The van der Waals surface area contributed by atoms with Crippen LogP contribution >= 0.6 is 0 Å². The molecule has 0 rings (SSSR count). The molecule has 0 heterocycles. The maximum Gasteiger partial charge on any atom is 0.176 e. The molecule has 0 aromatic carbocycles. The zero-order chi connectivity index (χ0) is 13.1. The van der Waals surface area contributed by atoms with Crippen LogP contribution in [0.5, 0.6) is 0 Å². The van der Waals surface area contributed by atoms with Crippen molar-refractivity contribution < 1.29 is 17.9 Å². The summed E-state index contributed by atoms with van der Waals surface area (Å²) in [5, 5.41) is 0. The number of halogens is 1. The number of rotatable bonds is 11. The van der Waals surface area contributed by atoms with Gasteiger partial charge < -0.3 is 4.74 Å². The molecular weight excluding hydrogens is 255 g/mol. The van der Waals surface area contributed by atoms with Crippen molar-refractivity contribution in [2.24, 2.45) is 0 Å². The third-order valence-corrected chi connectivity index (χ3v) is 4.85. The number of hydrogen-bond donors (Lipinski definition) is 0. The zero-order valence-corrected chi connectivity index (χ0v) is 12.8. The molecule has 0 saturated heterocycles. The first kappa shape index (κ1) is 20.2. The number of sulfone groups is 1. The van der Waals surface area contributed by atoms with Crippen LogP contribution in [0.3, 0.4) is 0 Å². The van der Waals surface area contributed by atoms with E-state index in [9.17, 15) is 8.42 Å². The van der Waals surface area contributed by atoms with E-state index in [1.807, 2.05) is 6.92 Å². The van der Waals surface area contributed by atoms with Crippen molar-refractivity contribution >= 4 is 9.84 Å². The van der Waals surface area contributed by atoms with Gasteiger partial charge in [-0.3, -0.25) is 4.70 Å². The van der Waals surface area contributed by atoms with Gasteiger partial charge in [0.25, 0.3) is 0 Å². The molecule has 0 aliphatic carbocycles. The Morgan fingerprint density at radius 1 is 0.944 bits per heavy atom. The highest BCUT2D eigenvalue weighted by Gasteiger charge is 2.20. The molecule has 0 amide bonds. The summed E-state index contributed by atoms with van der Waals surface area (Å²) in [6, 6.07) is 0. The summed E-state index contributed by atoms with van der Waals surface area (Å²) in [7, 11) is -3.05. The topological polar surface area (TPSA) is 43.4 Å². The lowest BCUT2D eigenvalue weighted by Crippen LogP contribution is -2.24. The van der Waals surface area contributed by atoms with Crippen LogP contribution in [0.25, 0.3) is 0 Å². The SMILES string of the molecule is CCCCCCCCS(=O)(=O)C(C)OCCC.F. The summed E-state index contributed by atoms with van der Waals surface area (Å²) in [5.41, 5.74) is -0.641. The molecule has 0 saturated carbocycles. The zero-order valence-electron chi connectivity index (χ0n) is 12.0. The molecule has 18 heavy (non-hydrogen) atoms. The van der Waals surface area contributed by atoms with Gasteiger partial charge in [0.15, 0.2) is 15.3 Å². The van der Waals surface area contributed by atoms with E-state index >= 15 is 0 Å². The molecule has 0 radical (unpaired) electrons. The summed E-state index contributed by atoms with van der Waals surface area (Å²) in [5.74, 6) is 0.268. The molecule has 0 N–H and O–H groups in total. The minimum Gasteiger partial charge on any atom is -0.363 e. The van der Waals surface area contributed by atoms with Gasteiger partial charge in [0, 0.05) is 6.61 Å². The van der Waals surface area contributed by atoms with Crippen molar-refractivity contribution in [2.45, 2.75) is 71.2 Å². The molecule has 5 heteroatoms. The lowest BCUT2D eigenvalue weighted by Gasteiger charge is -2.13. The number of ether oxygens (including phenoxy) is 1. The van der Waals surface area contributed by atoms with E-state index in [0.29, 0.717) is 6.61 Å². The average Bonchev–Trinajstić information content (AvgIpc) is 2.30. The van der Waals surface area contributed by atoms with Crippen LogP contribution in [0.1, 0.15) is 65.7 Å². The van der Waals surface area contributed by atoms with E-state index in [1.54, 1.807) is 6.92 Å². The van der Waals surface area contributed by atoms with Gasteiger partial charge in [0.1, 0.15) is 0 Å². The molecule has 112 valence electrons. The van der Waals surface area contributed by atoms with Gasteiger partial charge in [-0.15, -0.1) is 0 Å². The van der Waals surface area contributed by atoms with E-state index in [0.717, 1.165) is 25.7 Å². The van der Waals surface area contributed by atoms with E-state index in [2.05, 4.69) is 6.92 Å². The Hall–Kier alpha value is -0.160. The lowest BCUT2D eigenvalue weighted by atomic mass is 10.1. The number of hydrogen-bond acceptors (Lipinski definition) is 3. The first-order chi connectivity index (χ1) is 8.04. The Morgan fingerprint density at radius 2 is 1.50 bits per heavy atom. The summed E-state index contributed by atoms with van der Waals surface area (Å²) >= 11 is 0. The molecule has 0 spiro atoms. The lowest BCUT2D eigenvalue weighted by molar-refractivity contribution is 0.117. The smallest absolute Gasteiger partial charge is 0.176 e. The molecule has 3 nitrogen and oxygen atoms in total. The van der Waals surface area contributed by atoms with Crippen molar-refractivity contribution in [3.8, 4) is 0 Å². The van der Waals surface area contributed by atoms with E-state index in [4.69, 9.17) is 4.74 Å². The molecule has 0 fully saturated rings. The van der Waals surface area contributed by atoms with Crippen molar-refractivity contribution in [3.05, 3.63) is 0 Å². The molecule has 0 aromatic rings. The minimum atomic E-state index is -3.05. The normalized spacial score (nSPS) is 13.1. The average molecular weight is 284 g/mol. The van der Waals surface area contributed by atoms with Crippen LogP contribution in [-0.4, -0.2) is 26.2 Å². The largest absolute Gasteiger partial charge is 0.363 e. The predicted molar refractivity (Wildman–Crippen MR) is 75.4 cm³/mol. The van der Waals surface area contributed by atoms with Crippen LogP contribution < -0.4 is 0 Å². The molecule has 1 atom stereocenters. The fraction of sp³-hybridized carbons (Fsp3) is 1.00. The third-order valence-electron chi connectivity index (χ3n) is 2.84. The Kier molecular flexibility index (Phi) is 13.3. The second-order valence-electron chi connectivity index (χ2n) is 4.57. The highest BCUT2D eigenvalue weighted by atomic mass is 32.2. The fourth-order valence-corrected chi connectivity index (χ4v) is 2.88. The van der Waals surface area contributed by atoms with Gasteiger partial charge >= 0.3 is 0 Å². The Labute approximate surface area is 112 Å². The summed E-state index contributed by atoms with van der Waals surface area (Å²) in [4.78, 5) is 0. The molecule has 1 unspecified atom stereocenters. The fourth-order valence-electron chi connectivity index (χ4n) is 1.64. The second kappa shape index (κ2) is 11.9. The third kappa shape index (κ3) is 9.83.